The highest BCUT2D eigenvalue weighted by molar-refractivity contribution is 9.10. The van der Waals surface area contributed by atoms with E-state index in [1.807, 2.05) is 41.8 Å². The molecule has 0 unspecified atom stereocenters. The van der Waals surface area contributed by atoms with E-state index >= 15 is 0 Å². The third-order valence-corrected chi connectivity index (χ3v) is 4.32. The van der Waals surface area contributed by atoms with Crippen molar-refractivity contribution in [2.24, 2.45) is 0 Å². The molecule has 0 bridgehead atoms. The molecule has 1 amide bonds. The number of aromatic nitrogens is 1. The predicted octanol–water partition coefficient (Wildman–Crippen LogP) is 3.73. The van der Waals surface area contributed by atoms with Crippen LogP contribution < -0.4 is 5.32 Å². The molecule has 0 radical (unpaired) electrons. The van der Waals surface area contributed by atoms with Crippen LogP contribution in [0.4, 0.5) is 0 Å². The van der Waals surface area contributed by atoms with Gasteiger partial charge in [-0.15, -0.1) is 0 Å². The quantitative estimate of drug-likeness (QED) is 0.652. The highest BCUT2D eigenvalue weighted by Gasteiger charge is 2.18. The second-order valence-electron chi connectivity index (χ2n) is 5.60. The topological polar surface area (TPSA) is 56.4 Å². The number of halogens is 1. The fourth-order valence-corrected chi connectivity index (χ4v) is 2.92. The Bertz CT molecular complexity index is 849. The molecule has 0 saturated heterocycles. The number of furan rings is 1. The number of carbonyl (C=O) groups is 1. The van der Waals surface area contributed by atoms with Crippen LogP contribution in [0.15, 0.2) is 45.3 Å². The summed E-state index contributed by atoms with van der Waals surface area (Å²) in [5, 5.41) is 2.87. The molecular weight excluding hydrogens is 372 g/mol. The van der Waals surface area contributed by atoms with Crippen molar-refractivity contribution < 1.29 is 13.9 Å². The molecule has 1 aromatic carbocycles. The number of nitrogens with one attached hydrogen (secondary N) is 1. The Kier molecular flexibility index (Phi) is 5.06. The Morgan fingerprint density at radius 3 is 2.75 bits per heavy atom. The van der Waals surface area contributed by atoms with Gasteiger partial charge in [0.05, 0.1) is 12.1 Å². The van der Waals surface area contributed by atoms with Gasteiger partial charge < -0.3 is 19.0 Å². The van der Waals surface area contributed by atoms with Crippen LogP contribution >= 0.6 is 15.9 Å². The van der Waals surface area contributed by atoms with E-state index in [9.17, 15) is 4.79 Å². The normalized spacial score (nSPS) is 11.1. The minimum absolute atomic E-state index is 0.131. The Balaban J connectivity index is 1.94. The molecule has 2 heterocycles. The fourth-order valence-electron chi connectivity index (χ4n) is 2.65. The molecule has 24 heavy (non-hydrogen) atoms. The van der Waals surface area contributed by atoms with Crippen molar-refractivity contribution >= 4 is 32.9 Å². The van der Waals surface area contributed by atoms with Gasteiger partial charge in [-0.3, -0.25) is 4.79 Å². The molecule has 0 atom stereocenters. The second-order valence-corrected chi connectivity index (χ2v) is 6.51. The molecule has 0 saturated carbocycles. The molecule has 6 heteroatoms. The molecule has 0 fully saturated rings. The second kappa shape index (κ2) is 7.23. The highest BCUT2D eigenvalue weighted by atomic mass is 79.9. The molecule has 0 aliphatic heterocycles. The summed E-state index contributed by atoms with van der Waals surface area (Å²) in [6, 6.07) is 11.8. The smallest absolute Gasteiger partial charge is 0.268 e. The zero-order chi connectivity index (χ0) is 17.1. The zero-order valence-corrected chi connectivity index (χ0v) is 15.2. The molecule has 2 aromatic heterocycles. The number of nitrogens with zero attached hydrogens (tertiary/aromatic N) is 1. The van der Waals surface area contributed by atoms with Gasteiger partial charge in [-0.1, -0.05) is 28.1 Å². The molecule has 5 nitrogen and oxygen atoms in total. The van der Waals surface area contributed by atoms with Crippen molar-refractivity contribution in [3.63, 3.8) is 0 Å². The van der Waals surface area contributed by atoms with Gasteiger partial charge in [0, 0.05) is 36.8 Å². The van der Waals surface area contributed by atoms with Crippen LogP contribution in [0.2, 0.25) is 0 Å². The lowest BCUT2D eigenvalue weighted by atomic mass is 10.2. The van der Waals surface area contributed by atoms with Crippen molar-refractivity contribution in [3.8, 4) is 0 Å². The number of hydrogen-bond donors (Lipinski definition) is 1. The maximum Gasteiger partial charge on any atom is 0.268 e. The Labute approximate surface area is 148 Å². The third kappa shape index (κ3) is 3.55. The number of amides is 1. The van der Waals surface area contributed by atoms with Gasteiger partial charge in [0.15, 0.2) is 5.58 Å². The molecule has 0 spiro atoms. The molecule has 1 N–H and O–H groups in total. The zero-order valence-electron chi connectivity index (χ0n) is 13.6. The Morgan fingerprint density at radius 2 is 2.04 bits per heavy atom. The number of carbonyl (C=O) groups excluding carboxylic acids is 1. The number of aryl methyl sites for hydroxylation is 1. The van der Waals surface area contributed by atoms with E-state index in [-0.39, 0.29) is 5.91 Å². The largest absolute Gasteiger partial charge is 0.460 e. The van der Waals surface area contributed by atoms with E-state index in [4.69, 9.17) is 9.15 Å². The van der Waals surface area contributed by atoms with Crippen molar-refractivity contribution in [1.82, 2.24) is 9.88 Å². The summed E-state index contributed by atoms with van der Waals surface area (Å²) < 4.78 is 13.7. The van der Waals surface area contributed by atoms with Crippen molar-refractivity contribution in [2.75, 3.05) is 20.3 Å². The van der Waals surface area contributed by atoms with Crippen LogP contribution in [0.5, 0.6) is 0 Å². The first-order valence-electron chi connectivity index (χ1n) is 7.69. The average Bonchev–Trinajstić information content (AvgIpc) is 3.07. The number of hydrogen-bond acceptors (Lipinski definition) is 3. The predicted molar refractivity (Wildman–Crippen MR) is 96.4 cm³/mol. The summed E-state index contributed by atoms with van der Waals surface area (Å²) in [6.45, 7) is 3.46. The average molecular weight is 391 g/mol. The third-order valence-electron chi connectivity index (χ3n) is 3.79. The maximum atomic E-state index is 12.5. The molecule has 126 valence electrons. The van der Waals surface area contributed by atoms with E-state index in [1.165, 1.54) is 0 Å². The van der Waals surface area contributed by atoms with E-state index < -0.39 is 0 Å². The van der Waals surface area contributed by atoms with Gasteiger partial charge in [-0.2, -0.15) is 0 Å². The van der Waals surface area contributed by atoms with Crippen molar-refractivity contribution in [1.29, 1.82) is 0 Å². The minimum Gasteiger partial charge on any atom is -0.460 e. The van der Waals surface area contributed by atoms with Crippen LogP contribution in [-0.2, 0) is 11.3 Å². The minimum atomic E-state index is -0.131. The summed E-state index contributed by atoms with van der Waals surface area (Å²) in [7, 11) is 1.61. The van der Waals surface area contributed by atoms with Gasteiger partial charge in [0.2, 0.25) is 0 Å². The summed E-state index contributed by atoms with van der Waals surface area (Å²) >= 11 is 3.44. The first kappa shape index (κ1) is 16.8. The van der Waals surface area contributed by atoms with E-state index in [0.29, 0.717) is 25.4 Å². The molecule has 3 aromatic rings. The van der Waals surface area contributed by atoms with Crippen LogP contribution in [0.3, 0.4) is 0 Å². The lowest BCUT2D eigenvalue weighted by molar-refractivity contribution is 0.0928. The van der Waals surface area contributed by atoms with Crippen LogP contribution in [0.1, 0.15) is 21.8 Å². The van der Waals surface area contributed by atoms with Crippen molar-refractivity contribution in [2.45, 2.75) is 13.5 Å². The fraction of sp³-hybridized carbons (Fsp3) is 0.278. The Morgan fingerprint density at radius 1 is 1.29 bits per heavy atom. The van der Waals surface area contributed by atoms with E-state index in [1.54, 1.807) is 13.2 Å². The monoisotopic (exact) mass is 390 g/mol. The van der Waals surface area contributed by atoms with Gasteiger partial charge in [-0.05, 0) is 24.6 Å². The lowest BCUT2D eigenvalue weighted by Crippen LogP contribution is -2.29. The Hall–Kier alpha value is -2.05. The van der Waals surface area contributed by atoms with Gasteiger partial charge >= 0.3 is 0 Å². The van der Waals surface area contributed by atoms with Crippen LogP contribution in [-0.4, -0.2) is 30.7 Å². The van der Waals surface area contributed by atoms with Gasteiger partial charge in [0.25, 0.3) is 5.91 Å². The summed E-state index contributed by atoms with van der Waals surface area (Å²) in [4.78, 5) is 12.5. The first-order valence-corrected chi connectivity index (χ1v) is 8.49. The van der Waals surface area contributed by atoms with Crippen LogP contribution in [0.25, 0.3) is 11.1 Å². The number of ether oxygens (including phenoxy) is 1. The standard InChI is InChI=1S/C18H19BrN2O3/c1-12-9-15-17(24-12)10-16(18(22)20-7-8-23-2)21(15)11-13-3-5-14(19)6-4-13/h3-6,9-10H,7-8,11H2,1-2H3,(H,20,22). The SMILES string of the molecule is COCCNC(=O)c1cc2oc(C)cc2n1Cc1ccc(Br)cc1. The van der Waals surface area contributed by atoms with E-state index in [2.05, 4.69) is 21.2 Å². The molecular formula is C18H19BrN2O3. The number of methoxy groups -OCH3 is 1. The number of rotatable bonds is 6. The first-order chi connectivity index (χ1) is 11.6. The van der Waals surface area contributed by atoms with E-state index in [0.717, 1.165) is 26.9 Å². The van der Waals surface area contributed by atoms with Crippen LogP contribution in [0, 0.1) is 6.92 Å². The molecule has 0 aliphatic carbocycles. The van der Waals surface area contributed by atoms with Gasteiger partial charge in [-0.25, -0.2) is 0 Å². The maximum absolute atomic E-state index is 12.5. The summed E-state index contributed by atoms with van der Waals surface area (Å²) in [6.07, 6.45) is 0. The molecule has 0 aliphatic rings. The summed E-state index contributed by atoms with van der Waals surface area (Å²) in [5.74, 6) is 0.698. The highest BCUT2D eigenvalue weighted by Crippen LogP contribution is 2.25. The summed E-state index contributed by atoms with van der Waals surface area (Å²) in [5.41, 5.74) is 3.34. The number of benzene rings is 1. The van der Waals surface area contributed by atoms with Gasteiger partial charge in [0.1, 0.15) is 11.5 Å². The van der Waals surface area contributed by atoms with Crippen molar-refractivity contribution in [3.05, 3.63) is 57.9 Å². The molecule has 3 rings (SSSR count). The number of fused-ring (bicyclic) bond motifs is 1. The lowest BCUT2D eigenvalue weighted by Gasteiger charge is -2.11.